The van der Waals surface area contributed by atoms with Gasteiger partial charge >= 0.3 is 12.4 Å². The van der Waals surface area contributed by atoms with Gasteiger partial charge in [0, 0.05) is 11.8 Å². The monoisotopic (exact) mass is 471 g/mol. The number of carbonyl (C=O) groups excluding carboxylic acids is 1. The summed E-state index contributed by atoms with van der Waals surface area (Å²) in [5.74, 6) is -9.62. The van der Waals surface area contributed by atoms with Gasteiger partial charge in [0.15, 0.2) is 29.0 Å². The molecule has 1 heterocycles. The molecule has 14 heteroatoms. The van der Waals surface area contributed by atoms with E-state index < -0.39 is 64.2 Å². The summed E-state index contributed by atoms with van der Waals surface area (Å²) in [6.45, 7) is 0. The molecule has 0 unspecified atom stereocenters. The van der Waals surface area contributed by atoms with Crippen LogP contribution >= 0.6 is 0 Å². The number of alkyl halides is 6. The van der Waals surface area contributed by atoms with Crippen LogP contribution in [0.25, 0.3) is 5.69 Å². The maximum atomic E-state index is 13.7. The third kappa shape index (κ3) is 4.38. The van der Waals surface area contributed by atoms with Gasteiger partial charge < -0.3 is 5.32 Å². The van der Waals surface area contributed by atoms with Crippen LogP contribution in [0.5, 0.6) is 0 Å². The highest BCUT2D eigenvalue weighted by Gasteiger charge is 2.42. The molecular formula is C18H7F10N3O. The molecule has 3 rings (SSSR count). The number of nitrogens with one attached hydrogen (secondary N) is 1. The summed E-state index contributed by atoms with van der Waals surface area (Å²) in [7, 11) is 0. The maximum Gasteiger partial charge on any atom is 0.435 e. The topological polar surface area (TPSA) is 46.9 Å². The Bertz CT molecular complexity index is 1180. The number of amides is 1. The van der Waals surface area contributed by atoms with E-state index in [1.807, 2.05) is 5.32 Å². The molecular weight excluding hydrogens is 464 g/mol. The predicted molar refractivity (Wildman–Crippen MR) is 87.8 cm³/mol. The van der Waals surface area contributed by atoms with Crippen molar-refractivity contribution in [3.63, 3.8) is 0 Å². The van der Waals surface area contributed by atoms with E-state index in [-0.39, 0.29) is 22.5 Å². The summed E-state index contributed by atoms with van der Waals surface area (Å²) in [6.07, 6.45) is -10.3. The number of benzene rings is 2. The summed E-state index contributed by atoms with van der Waals surface area (Å²) in [4.78, 5) is 12.0. The molecule has 4 nitrogen and oxygen atoms in total. The zero-order valence-electron chi connectivity index (χ0n) is 15.0. The minimum absolute atomic E-state index is 0.0151. The van der Waals surface area contributed by atoms with Gasteiger partial charge in [0.1, 0.15) is 5.69 Å². The lowest BCUT2D eigenvalue weighted by Crippen LogP contribution is -2.16. The summed E-state index contributed by atoms with van der Waals surface area (Å²) < 4.78 is 131. The van der Waals surface area contributed by atoms with E-state index in [9.17, 15) is 48.7 Å². The quantitative estimate of drug-likeness (QED) is 0.302. The van der Waals surface area contributed by atoms with Gasteiger partial charge in [-0.2, -0.15) is 31.4 Å². The van der Waals surface area contributed by atoms with Crippen LogP contribution in [0.1, 0.15) is 21.7 Å². The van der Waals surface area contributed by atoms with Crippen LogP contribution in [0.4, 0.5) is 49.6 Å². The Morgan fingerprint density at radius 2 is 1.41 bits per heavy atom. The molecule has 1 N–H and O–H groups in total. The highest BCUT2D eigenvalue weighted by atomic mass is 19.4. The third-order valence-electron chi connectivity index (χ3n) is 4.01. The normalized spacial score (nSPS) is 12.2. The van der Waals surface area contributed by atoms with E-state index in [0.29, 0.717) is 0 Å². The summed E-state index contributed by atoms with van der Waals surface area (Å²) in [5, 5.41) is 4.87. The van der Waals surface area contributed by atoms with Crippen molar-refractivity contribution in [2.24, 2.45) is 0 Å². The minimum Gasteiger partial charge on any atom is -0.322 e. The molecule has 1 aromatic heterocycles. The van der Waals surface area contributed by atoms with Crippen LogP contribution in [0.2, 0.25) is 0 Å². The molecule has 0 saturated heterocycles. The second-order valence-corrected chi connectivity index (χ2v) is 6.17. The Morgan fingerprint density at radius 1 is 0.812 bits per heavy atom. The number of anilines is 1. The van der Waals surface area contributed by atoms with Crippen LogP contribution in [0, 0.1) is 23.3 Å². The summed E-state index contributed by atoms with van der Waals surface area (Å²) >= 11 is 0. The second kappa shape index (κ2) is 7.84. The summed E-state index contributed by atoms with van der Waals surface area (Å²) in [5.41, 5.74) is -5.43. The van der Waals surface area contributed by atoms with Crippen molar-refractivity contribution in [2.75, 3.05) is 5.32 Å². The van der Waals surface area contributed by atoms with E-state index in [0.717, 1.165) is 24.3 Å². The van der Waals surface area contributed by atoms with Crippen LogP contribution in [0.15, 0.2) is 36.4 Å². The molecule has 0 aliphatic rings. The lowest BCUT2D eigenvalue weighted by atomic mass is 10.1. The van der Waals surface area contributed by atoms with Crippen molar-refractivity contribution in [1.29, 1.82) is 0 Å². The maximum absolute atomic E-state index is 13.7. The Balaban J connectivity index is 1.91. The first kappa shape index (κ1) is 23.1. The fourth-order valence-electron chi connectivity index (χ4n) is 2.54. The molecule has 0 spiro atoms. The Labute approximate surface area is 171 Å². The highest BCUT2D eigenvalue weighted by Crippen LogP contribution is 2.36. The number of hydrogen-bond donors (Lipinski definition) is 1. The van der Waals surface area contributed by atoms with Gasteiger partial charge in [-0.3, -0.25) is 4.79 Å². The lowest BCUT2D eigenvalue weighted by Gasteiger charge is -2.11. The highest BCUT2D eigenvalue weighted by molar-refractivity contribution is 6.04. The molecule has 0 fully saturated rings. The molecule has 0 aliphatic heterocycles. The van der Waals surface area contributed by atoms with Crippen LogP contribution in [0.3, 0.4) is 0 Å². The molecule has 0 radical (unpaired) electrons. The van der Waals surface area contributed by atoms with Crippen molar-refractivity contribution in [1.82, 2.24) is 9.78 Å². The molecule has 32 heavy (non-hydrogen) atoms. The molecule has 170 valence electrons. The van der Waals surface area contributed by atoms with Gasteiger partial charge in [-0.05, 0) is 30.3 Å². The first-order valence-corrected chi connectivity index (χ1v) is 8.19. The molecule has 0 saturated carbocycles. The van der Waals surface area contributed by atoms with Crippen molar-refractivity contribution in [3.8, 4) is 5.69 Å². The molecule has 3 aromatic rings. The summed E-state index contributed by atoms with van der Waals surface area (Å²) in [6, 6.07) is 3.43. The van der Waals surface area contributed by atoms with Crippen LogP contribution in [-0.2, 0) is 12.4 Å². The van der Waals surface area contributed by atoms with Crippen molar-refractivity contribution in [2.45, 2.75) is 12.4 Å². The minimum atomic E-state index is -5.18. The van der Waals surface area contributed by atoms with Gasteiger partial charge in [-0.1, -0.05) is 0 Å². The Kier molecular flexibility index (Phi) is 5.65. The number of hydrogen-bond acceptors (Lipinski definition) is 2. The van der Waals surface area contributed by atoms with Crippen molar-refractivity contribution in [3.05, 3.63) is 76.6 Å². The first-order chi connectivity index (χ1) is 14.7. The SMILES string of the molecule is O=C(Nc1ccc(-n2nc(C(F)(F)F)cc2C(F)(F)F)cc1)c1cc(F)c(F)c(F)c1F. The number of halogens is 10. The molecule has 0 atom stereocenters. The van der Waals surface area contributed by atoms with Gasteiger partial charge in [0.25, 0.3) is 5.91 Å². The zero-order valence-corrected chi connectivity index (χ0v) is 15.0. The Morgan fingerprint density at radius 3 is 1.94 bits per heavy atom. The number of aromatic nitrogens is 2. The van der Waals surface area contributed by atoms with Gasteiger partial charge in [0.2, 0.25) is 0 Å². The van der Waals surface area contributed by atoms with E-state index >= 15 is 0 Å². The van der Waals surface area contributed by atoms with E-state index in [2.05, 4.69) is 5.10 Å². The molecule has 2 aromatic carbocycles. The number of nitrogens with zero attached hydrogens (tertiary/aromatic N) is 2. The molecule has 0 bridgehead atoms. The average molecular weight is 471 g/mol. The number of carbonyl (C=O) groups is 1. The second-order valence-electron chi connectivity index (χ2n) is 6.17. The smallest absolute Gasteiger partial charge is 0.322 e. The fourth-order valence-corrected chi connectivity index (χ4v) is 2.54. The Hall–Kier alpha value is -3.58. The van der Waals surface area contributed by atoms with Gasteiger partial charge in [-0.25, -0.2) is 22.2 Å². The largest absolute Gasteiger partial charge is 0.435 e. The third-order valence-corrected chi connectivity index (χ3v) is 4.01. The van der Waals surface area contributed by atoms with Gasteiger partial charge in [-0.15, -0.1) is 0 Å². The fraction of sp³-hybridized carbons (Fsp3) is 0.111. The van der Waals surface area contributed by atoms with Crippen LogP contribution < -0.4 is 5.32 Å². The van der Waals surface area contributed by atoms with Crippen LogP contribution in [-0.4, -0.2) is 15.7 Å². The molecule has 1 amide bonds. The van der Waals surface area contributed by atoms with Crippen molar-refractivity contribution >= 4 is 11.6 Å². The van der Waals surface area contributed by atoms with E-state index in [4.69, 9.17) is 0 Å². The van der Waals surface area contributed by atoms with Crippen molar-refractivity contribution < 1.29 is 48.7 Å². The molecule has 0 aliphatic carbocycles. The van der Waals surface area contributed by atoms with Gasteiger partial charge in [0.05, 0.1) is 11.3 Å². The zero-order chi connectivity index (χ0) is 24.0. The number of rotatable bonds is 3. The first-order valence-electron chi connectivity index (χ1n) is 8.19. The standard InChI is InChI=1S/C18H7F10N3O/c19-10-5-9(13(20)15(22)14(10)21)16(32)29-7-1-3-8(4-2-7)31-12(18(26,27)28)6-11(30-31)17(23,24)25/h1-6H,(H,29,32). The van der Waals surface area contributed by atoms with E-state index in [1.165, 1.54) is 0 Å². The average Bonchev–Trinajstić information content (AvgIpc) is 3.16. The predicted octanol–water partition coefficient (Wildman–Crippen LogP) is 5.72. The lowest BCUT2D eigenvalue weighted by molar-refractivity contribution is -0.143. The van der Waals surface area contributed by atoms with E-state index in [1.54, 1.807) is 0 Å².